The molecule has 2 aromatic rings. The van der Waals surface area contributed by atoms with E-state index in [1.54, 1.807) is 18.2 Å². The lowest BCUT2D eigenvalue weighted by atomic mass is 9.93. The van der Waals surface area contributed by atoms with Gasteiger partial charge in [0, 0.05) is 28.7 Å². The van der Waals surface area contributed by atoms with Crippen LogP contribution in [0.15, 0.2) is 24.4 Å². The molecule has 0 N–H and O–H groups in total. The number of ether oxygens (including phenoxy) is 1. The fraction of sp³-hybridized carbons (Fsp3) is 0.571. The highest BCUT2D eigenvalue weighted by molar-refractivity contribution is 6.35. The molecule has 2 unspecified atom stereocenters. The third-order valence-electron chi connectivity index (χ3n) is 5.89. The van der Waals surface area contributed by atoms with E-state index in [0.717, 1.165) is 31.4 Å². The molecular weight excluding hydrogens is 411 g/mol. The molecule has 2 atom stereocenters. The van der Waals surface area contributed by atoms with Gasteiger partial charge in [-0.25, -0.2) is 4.68 Å². The number of carbonyl (C=O) groups excluding carboxylic acids is 1. The van der Waals surface area contributed by atoms with Crippen LogP contribution in [0.1, 0.15) is 58.2 Å². The van der Waals surface area contributed by atoms with E-state index >= 15 is 0 Å². The zero-order valence-electron chi connectivity index (χ0n) is 16.9. The maximum atomic E-state index is 12.9. The minimum absolute atomic E-state index is 0.0101. The second-order valence-corrected chi connectivity index (χ2v) is 9.85. The van der Waals surface area contributed by atoms with Crippen LogP contribution in [0.5, 0.6) is 5.75 Å². The number of rotatable bonds is 4. The Morgan fingerprint density at radius 2 is 1.86 bits per heavy atom. The van der Waals surface area contributed by atoms with Crippen LogP contribution >= 0.6 is 23.2 Å². The van der Waals surface area contributed by atoms with Gasteiger partial charge in [0.15, 0.2) is 6.61 Å². The van der Waals surface area contributed by atoms with Crippen LogP contribution in [0.2, 0.25) is 10.0 Å². The maximum absolute atomic E-state index is 12.9. The molecule has 2 aliphatic heterocycles. The van der Waals surface area contributed by atoms with Gasteiger partial charge in [0.05, 0.1) is 16.8 Å². The zero-order chi connectivity index (χ0) is 20.8. The van der Waals surface area contributed by atoms with E-state index in [-0.39, 0.29) is 36.1 Å². The second-order valence-electron chi connectivity index (χ2n) is 9.01. The molecule has 0 aliphatic carbocycles. The fourth-order valence-electron chi connectivity index (χ4n) is 4.38. The van der Waals surface area contributed by atoms with Crippen molar-refractivity contribution < 1.29 is 9.53 Å². The molecule has 4 rings (SSSR count). The summed E-state index contributed by atoms with van der Waals surface area (Å²) in [5, 5.41) is 9.68. The van der Waals surface area contributed by atoms with Crippen molar-refractivity contribution >= 4 is 29.1 Å². The molecule has 156 valence electrons. The van der Waals surface area contributed by atoms with Crippen LogP contribution in [-0.2, 0) is 10.2 Å². The Kier molecular flexibility index (Phi) is 5.51. The molecular formula is C21H26Cl2N4O2. The van der Waals surface area contributed by atoms with E-state index in [0.29, 0.717) is 15.8 Å². The first-order valence-corrected chi connectivity index (χ1v) is 10.8. The van der Waals surface area contributed by atoms with E-state index in [1.165, 1.54) is 0 Å². The minimum Gasteiger partial charge on any atom is -0.482 e. The largest absolute Gasteiger partial charge is 0.482 e. The van der Waals surface area contributed by atoms with E-state index < -0.39 is 0 Å². The summed E-state index contributed by atoms with van der Waals surface area (Å²) in [7, 11) is 0. The zero-order valence-corrected chi connectivity index (χ0v) is 18.5. The number of benzene rings is 1. The van der Waals surface area contributed by atoms with Crippen molar-refractivity contribution in [3.63, 3.8) is 0 Å². The molecule has 2 aliphatic rings. The highest BCUT2D eigenvalue weighted by Crippen LogP contribution is 2.41. The SMILES string of the molecule is CC(C)(C)c1cn(C2CC3CCC(C2)N3C(=O)COc2ccc(Cl)cc2Cl)nn1. The lowest BCUT2D eigenvalue weighted by Crippen LogP contribution is -2.48. The molecule has 1 aromatic carbocycles. The molecule has 0 saturated carbocycles. The summed E-state index contributed by atoms with van der Waals surface area (Å²) in [6, 6.07) is 5.73. The van der Waals surface area contributed by atoms with Crippen molar-refractivity contribution in [2.75, 3.05) is 6.61 Å². The van der Waals surface area contributed by atoms with Gasteiger partial charge in [-0.05, 0) is 43.9 Å². The third-order valence-corrected chi connectivity index (χ3v) is 6.42. The van der Waals surface area contributed by atoms with Crippen molar-refractivity contribution in [2.45, 2.75) is 70.0 Å². The first kappa shape index (κ1) is 20.5. The van der Waals surface area contributed by atoms with Crippen LogP contribution < -0.4 is 4.74 Å². The molecule has 8 heteroatoms. The summed E-state index contributed by atoms with van der Waals surface area (Å²) in [6.07, 6.45) is 5.91. The summed E-state index contributed by atoms with van der Waals surface area (Å²) in [5.74, 6) is 0.486. The predicted molar refractivity (Wildman–Crippen MR) is 113 cm³/mol. The van der Waals surface area contributed by atoms with Gasteiger partial charge in [0.2, 0.25) is 0 Å². The van der Waals surface area contributed by atoms with Crippen molar-refractivity contribution in [3.8, 4) is 5.75 Å². The molecule has 0 spiro atoms. The molecule has 0 radical (unpaired) electrons. The molecule has 1 amide bonds. The summed E-state index contributed by atoms with van der Waals surface area (Å²) >= 11 is 12.1. The fourth-order valence-corrected chi connectivity index (χ4v) is 4.84. The van der Waals surface area contributed by atoms with Gasteiger partial charge in [0.25, 0.3) is 5.91 Å². The van der Waals surface area contributed by atoms with Gasteiger partial charge in [-0.3, -0.25) is 4.79 Å². The first-order valence-electron chi connectivity index (χ1n) is 10.0. The van der Waals surface area contributed by atoms with Crippen molar-refractivity contribution in [3.05, 3.63) is 40.1 Å². The Balaban J connectivity index is 1.40. The molecule has 2 fully saturated rings. The van der Waals surface area contributed by atoms with Gasteiger partial charge in [0.1, 0.15) is 5.75 Å². The number of halogens is 2. The van der Waals surface area contributed by atoms with Crippen LogP contribution in [-0.4, -0.2) is 44.5 Å². The molecule has 1 aromatic heterocycles. The van der Waals surface area contributed by atoms with Gasteiger partial charge in [-0.1, -0.05) is 49.2 Å². The third kappa shape index (κ3) is 4.24. The van der Waals surface area contributed by atoms with Crippen LogP contribution in [0.4, 0.5) is 0 Å². The molecule has 2 bridgehead atoms. The summed E-state index contributed by atoms with van der Waals surface area (Å²) in [6.45, 7) is 6.40. The summed E-state index contributed by atoms with van der Waals surface area (Å²) in [5.41, 5.74) is 0.977. The number of fused-ring (bicyclic) bond motifs is 2. The topological polar surface area (TPSA) is 60.2 Å². The average molecular weight is 437 g/mol. The quantitative estimate of drug-likeness (QED) is 0.699. The van der Waals surface area contributed by atoms with Crippen molar-refractivity contribution in [1.29, 1.82) is 0 Å². The maximum Gasteiger partial charge on any atom is 0.261 e. The molecule has 29 heavy (non-hydrogen) atoms. The number of hydrogen-bond acceptors (Lipinski definition) is 4. The highest BCUT2D eigenvalue weighted by Gasteiger charge is 2.44. The number of nitrogens with zero attached hydrogens (tertiary/aromatic N) is 4. The number of hydrogen-bond donors (Lipinski definition) is 0. The lowest BCUT2D eigenvalue weighted by Gasteiger charge is -2.38. The number of amides is 1. The van der Waals surface area contributed by atoms with E-state index in [2.05, 4.69) is 37.3 Å². The Bertz CT molecular complexity index is 894. The smallest absolute Gasteiger partial charge is 0.261 e. The summed E-state index contributed by atoms with van der Waals surface area (Å²) < 4.78 is 7.67. The second kappa shape index (κ2) is 7.80. The van der Waals surface area contributed by atoms with Crippen LogP contribution in [0.3, 0.4) is 0 Å². The van der Waals surface area contributed by atoms with Gasteiger partial charge in [-0.2, -0.15) is 0 Å². The number of piperidine rings is 1. The number of carbonyl (C=O) groups is 1. The molecule has 2 saturated heterocycles. The Morgan fingerprint density at radius 3 is 2.45 bits per heavy atom. The van der Waals surface area contributed by atoms with Crippen molar-refractivity contribution in [1.82, 2.24) is 19.9 Å². The van der Waals surface area contributed by atoms with E-state index in [4.69, 9.17) is 27.9 Å². The predicted octanol–water partition coefficient (Wildman–Crippen LogP) is 4.66. The van der Waals surface area contributed by atoms with Gasteiger partial charge < -0.3 is 9.64 Å². The van der Waals surface area contributed by atoms with E-state index in [1.807, 2.05) is 9.58 Å². The van der Waals surface area contributed by atoms with Crippen molar-refractivity contribution in [2.24, 2.45) is 0 Å². The monoisotopic (exact) mass is 436 g/mol. The molecule has 3 heterocycles. The first-order chi connectivity index (χ1) is 13.7. The molecule has 6 nitrogen and oxygen atoms in total. The van der Waals surface area contributed by atoms with Crippen LogP contribution in [0.25, 0.3) is 0 Å². The standard InChI is InChI=1S/C21H26Cl2N4O2/c1-21(2,3)19-11-26(25-24-19)16-9-14-5-6-15(10-16)27(14)20(28)12-29-18-7-4-13(22)8-17(18)23/h4,7-8,11,14-16H,5-6,9-10,12H2,1-3H3. The Morgan fingerprint density at radius 1 is 1.17 bits per heavy atom. The van der Waals surface area contributed by atoms with Crippen LogP contribution in [0, 0.1) is 0 Å². The summed E-state index contributed by atoms with van der Waals surface area (Å²) in [4.78, 5) is 14.9. The van der Waals surface area contributed by atoms with E-state index in [9.17, 15) is 4.79 Å². The minimum atomic E-state index is -0.0197. The Labute approximate surface area is 181 Å². The Hall–Kier alpha value is -1.79. The normalized spacial score (nSPS) is 24.0. The average Bonchev–Trinajstić information content (AvgIpc) is 3.24. The van der Waals surface area contributed by atoms with Gasteiger partial charge in [-0.15, -0.1) is 5.10 Å². The lowest BCUT2D eigenvalue weighted by molar-refractivity contribution is -0.138. The highest BCUT2D eigenvalue weighted by atomic mass is 35.5. The number of aromatic nitrogens is 3. The van der Waals surface area contributed by atoms with Gasteiger partial charge >= 0.3 is 0 Å².